The summed E-state index contributed by atoms with van der Waals surface area (Å²) in [6.45, 7) is 5.37. The van der Waals surface area contributed by atoms with Crippen LogP contribution in [-0.4, -0.2) is 31.9 Å². The topological polar surface area (TPSA) is 30.5 Å². The predicted molar refractivity (Wildman–Crippen MR) is 80.2 cm³/mol. The molecular weight excluding hydrogens is 306 g/mol. The van der Waals surface area contributed by atoms with Crippen molar-refractivity contribution in [1.29, 1.82) is 0 Å². The van der Waals surface area contributed by atoms with Gasteiger partial charge in [0.15, 0.2) is 0 Å². The third-order valence-electron chi connectivity index (χ3n) is 3.42. The SMILES string of the molecule is CC(NCCOCc1ccc(Br)cc1)C1CCCO1. The fourth-order valence-electron chi connectivity index (χ4n) is 2.26. The number of halogens is 1. The molecule has 1 heterocycles. The summed E-state index contributed by atoms with van der Waals surface area (Å²) in [4.78, 5) is 0. The van der Waals surface area contributed by atoms with Crippen LogP contribution in [0.2, 0.25) is 0 Å². The van der Waals surface area contributed by atoms with Crippen LogP contribution in [0, 0.1) is 0 Å². The van der Waals surface area contributed by atoms with Gasteiger partial charge in [0, 0.05) is 23.7 Å². The Labute approximate surface area is 123 Å². The summed E-state index contributed by atoms with van der Waals surface area (Å²) >= 11 is 3.42. The van der Waals surface area contributed by atoms with Gasteiger partial charge in [-0.25, -0.2) is 0 Å². The highest BCUT2D eigenvalue weighted by molar-refractivity contribution is 9.10. The Hall–Kier alpha value is -0.420. The minimum atomic E-state index is 0.381. The van der Waals surface area contributed by atoms with E-state index < -0.39 is 0 Å². The van der Waals surface area contributed by atoms with Crippen LogP contribution in [0.1, 0.15) is 25.3 Å². The van der Waals surface area contributed by atoms with E-state index >= 15 is 0 Å². The average Bonchev–Trinajstić information content (AvgIpc) is 2.94. The summed E-state index contributed by atoms with van der Waals surface area (Å²) in [6, 6.07) is 8.64. The second kappa shape index (κ2) is 8.00. The van der Waals surface area contributed by atoms with Crippen molar-refractivity contribution in [2.75, 3.05) is 19.8 Å². The zero-order valence-corrected chi connectivity index (χ0v) is 13.0. The van der Waals surface area contributed by atoms with Crippen molar-refractivity contribution in [3.63, 3.8) is 0 Å². The molecule has 1 saturated heterocycles. The third-order valence-corrected chi connectivity index (χ3v) is 3.95. The number of hydrogen-bond acceptors (Lipinski definition) is 3. The smallest absolute Gasteiger partial charge is 0.0726 e. The minimum Gasteiger partial charge on any atom is -0.377 e. The van der Waals surface area contributed by atoms with Gasteiger partial charge in [0.05, 0.1) is 19.3 Å². The van der Waals surface area contributed by atoms with Gasteiger partial charge < -0.3 is 14.8 Å². The van der Waals surface area contributed by atoms with Crippen LogP contribution in [0.3, 0.4) is 0 Å². The van der Waals surface area contributed by atoms with E-state index in [2.05, 4.69) is 40.3 Å². The lowest BCUT2D eigenvalue weighted by Crippen LogP contribution is -2.38. The molecule has 1 aliphatic heterocycles. The third kappa shape index (κ3) is 5.22. The van der Waals surface area contributed by atoms with Crippen molar-refractivity contribution < 1.29 is 9.47 Å². The predicted octanol–water partition coefficient (Wildman–Crippen LogP) is 3.12. The highest BCUT2D eigenvalue weighted by Crippen LogP contribution is 2.15. The van der Waals surface area contributed by atoms with Crippen LogP contribution in [0.4, 0.5) is 0 Å². The number of nitrogens with one attached hydrogen (secondary N) is 1. The van der Waals surface area contributed by atoms with Crippen LogP contribution in [0.25, 0.3) is 0 Å². The Morgan fingerprint density at radius 1 is 1.42 bits per heavy atom. The van der Waals surface area contributed by atoms with Crippen LogP contribution >= 0.6 is 15.9 Å². The van der Waals surface area contributed by atoms with Gasteiger partial charge in [-0.1, -0.05) is 28.1 Å². The Morgan fingerprint density at radius 3 is 2.89 bits per heavy atom. The summed E-state index contributed by atoms with van der Waals surface area (Å²) in [6.07, 6.45) is 2.75. The molecule has 1 N–H and O–H groups in total. The molecule has 0 aromatic heterocycles. The first-order valence-electron chi connectivity index (χ1n) is 6.93. The van der Waals surface area contributed by atoms with Gasteiger partial charge in [-0.05, 0) is 37.5 Å². The monoisotopic (exact) mass is 327 g/mol. The van der Waals surface area contributed by atoms with E-state index in [1.54, 1.807) is 0 Å². The molecule has 1 aromatic carbocycles. The Morgan fingerprint density at radius 2 is 2.21 bits per heavy atom. The van der Waals surface area contributed by atoms with E-state index in [9.17, 15) is 0 Å². The van der Waals surface area contributed by atoms with E-state index in [1.807, 2.05) is 12.1 Å². The van der Waals surface area contributed by atoms with Gasteiger partial charge in [-0.3, -0.25) is 0 Å². The van der Waals surface area contributed by atoms with Gasteiger partial charge in [0.2, 0.25) is 0 Å². The van der Waals surface area contributed by atoms with Gasteiger partial charge in [-0.2, -0.15) is 0 Å². The standard InChI is InChI=1S/C15H22BrNO2/c1-12(15-3-2-9-19-15)17-8-10-18-11-13-4-6-14(16)7-5-13/h4-7,12,15,17H,2-3,8-11H2,1H3. The van der Waals surface area contributed by atoms with Crippen molar-refractivity contribution >= 4 is 15.9 Å². The molecule has 2 unspecified atom stereocenters. The first kappa shape index (κ1) is 15.0. The van der Waals surface area contributed by atoms with Crippen molar-refractivity contribution in [1.82, 2.24) is 5.32 Å². The van der Waals surface area contributed by atoms with Gasteiger partial charge in [0.1, 0.15) is 0 Å². The van der Waals surface area contributed by atoms with Crippen molar-refractivity contribution in [2.45, 2.75) is 38.5 Å². The largest absolute Gasteiger partial charge is 0.377 e. The molecule has 0 radical (unpaired) electrons. The molecule has 0 amide bonds. The molecule has 0 spiro atoms. The Balaban J connectivity index is 1.55. The molecule has 106 valence electrons. The van der Waals surface area contributed by atoms with E-state index in [0.717, 1.165) is 24.2 Å². The van der Waals surface area contributed by atoms with E-state index in [1.165, 1.54) is 18.4 Å². The van der Waals surface area contributed by atoms with Crippen molar-refractivity contribution in [3.8, 4) is 0 Å². The second-order valence-corrected chi connectivity index (χ2v) is 5.89. The minimum absolute atomic E-state index is 0.381. The van der Waals surface area contributed by atoms with Crippen LogP contribution in [0.5, 0.6) is 0 Å². The molecule has 0 bridgehead atoms. The lowest BCUT2D eigenvalue weighted by molar-refractivity contribution is 0.0751. The van der Waals surface area contributed by atoms with E-state index in [0.29, 0.717) is 18.8 Å². The van der Waals surface area contributed by atoms with Crippen molar-refractivity contribution in [2.24, 2.45) is 0 Å². The molecule has 2 atom stereocenters. The molecule has 19 heavy (non-hydrogen) atoms. The van der Waals surface area contributed by atoms with E-state index in [4.69, 9.17) is 9.47 Å². The normalized spacial score (nSPS) is 20.6. The number of hydrogen-bond donors (Lipinski definition) is 1. The summed E-state index contributed by atoms with van der Waals surface area (Å²) in [5.74, 6) is 0. The maximum absolute atomic E-state index is 5.65. The summed E-state index contributed by atoms with van der Waals surface area (Å²) in [7, 11) is 0. The van der Waals surface area contributed by atoms with Gasteiger partial charge in [0.25, 0.3) is 0 Å². The molecule has 0 saturated carbocycles. The maximum Gasteiger partial charge on any atom is 0.0726 e. The summed E-state index contributed by atoms with van der Waals surface area (Å²) in [5.41, 5.74) is 1.20. The molecule has 1 aromatic rings. The highest BCUT2D eigenvalue weighted by atomic mass is 79.9. The fraction of sp³-hybridized carbons (Fsp3) is 0.600. The van der Waals surface area contributed by atoms with Crippen LogP contribution in [0.15, 0.2) is 28.7 Å². The quantitative estimate of drug-likeness (QED) is 0.780. The first-order valence-corrected chi connectivity index (χ1v) is 7.72. The van der Waals surface area contributed by atoms with Crippen molar-refractivity contribution in [3.05, 3.63) is 34.3 Å². The summed E-state index contributed by atoms with van der Waals surface area (Å²) in [5, 5.41) is 3.46. The fourth-order valence-corrected chi connectivity index (χ4v) is 2.52. The molecule has 0 aliphatic carbocycles. The zero-order chi connectivity index (χ0) is 13.5. The first-order chi connectivity index (χ1) is 9.25. The van der Waals surface area contributed by atoms with Gasteiger partial charge in [-0.15, -0.1) is 0 Å². The lowest BCUT2D eigenvalue weighted by atomic mass is 10.1. The molecule has 4 heteroatoms. The molecule has 3 nitrogen and oxygen atoms in total. The molecule has 1 fully saturated rings. The second-order valence-electron chi connectivity index (χ2n) is 4.97. The average molecular weight is 328 g/mol. The van der Waals surface area contributed by atoms with Crippen LogP contribution < -0.4 is 5.32 Å². The molecular formula is C15H22BrNO2. The molecule has 2 rings (SSSR count). The number of rotatable bonds is 7. The van der Waals surface area contributed by atoms with Gasteiger partial charge >= 0.3 is 0 Å². The Bertz CT molecular complexity index is 363. The highest BCUT2D eigenvalue weighted by Gasteiger charge is 2.21. The zero-order valence-electron chi connectivity index (χ0n) is 11.4. The Kier molecular flexibility index (Phi) is 6.31. The summed E-state index contributed by atoms with van der Waals surface area (Å²) < 4.78 is 12.4. The number of ether oxygens (including phenoxy) is 2. The lowest BCUT2D eigenvalue weighted by Gasteiger charge is -2.19. The molecule has 1 aliphatic rings. The maximum atomic E-state index is 5.65. The van der Waals surface area contributed by atoms with Crippen LogP contribution in [-0.2, 0) is 16.1 Å². The number of benzene rings is 1. The van der Waals surface area contributed by atoms with E-state index in [-0.39, 0.29) is 0 Å².